The largest absolute Gasteiger partial charge is 0.385 e. The number of rotatable bonds is 10. The van der Waals surface area contributed by atoms with Crippen LogP contribution in [0.5, 0.6) is 0 Å². The fraction of sp³-hybridized carbons (Fsp3) is 0.909. The number of carbonyl (C=O) groups is 1. The smallest absolute Gasteiger partial charge is 0.236 e. The number of sulfone groups is 1. The van der Waals surface area contributed by atoms with Crippen LogP contribution in [-0.4, -0.2) is 52.6 Å². The third kappa shape index (κ3) is 10.5. The predicted molar refractivity (Wildman–Crippen MR) is 71.0 cm³/mol. The van der Waals surface area contributed by atoms with Gasteiger partial charge in [-0.05, 0) is 25.7 Å². The highest BCUT2D eigenvalue weighted by molar-refractivity contribution is 7.90. The van der Waals surface area contributed by atoms with Crippen molar-refractivity contribution in [1.29, 1.82) is 0 Å². The summed E-state index contributed by atoms with van der Waals surface area (Å²) in [6.07, 6.45) is 4.11. The first-order valence-corrected chi connectivity index (χ1v) is 8.13. The SMILES string of the molecule is COCCCCCNC(=O)C(N)CCS(C)(=O)=O. The minimum atomic E-state index is -3.06. The van der Waals surface area contributed by atoms with Crippen molar-refractivity contribution in [1.82, 2.24) is 5.32 Å². The zero-order valence-electron chi connectivity index (χ0n) is 11.1. The lowest BCUT2D eigenvalue weighted by Crippen LogP contribution is -2.41. The van der Waals surface area contributed by atoms with Crippen LogP contribution in [0, 0.1) is 0 Å². The number of unbranched alkanes of at least 4 members (excludes halogenated alkanes) is 2. The second kappa shape index (κ2) is 9.29. The molecule has 0 rings (SSSR count). The van der Waals surface area contributed by atoms with E-state index in [1.807, 2.05) is 0 Å². The monoisotopic (exact) mass is 280 g/mol. The van der Waals surface area contributed by atoms with Crippen molar-refractivity contribution in [3.8, 4) is 0 Å². The lowest BCUT2D eigenvalue weighted by molar-refractivity contribution is -0.122. The van der Waals surface area contributed by atoms with E-state index < -0.39 is 15.9 Å². The van der Waals surface area contributed by atoms with Crippen LogP contribution in [0.25, 0.3) is 0 Å². The Labute approximate surface area is 109 Å². The number of nitrogens with one attached hydrogen (secondary N) is 1. The Hall–Kier alpha value is -0.660. The number of amides is 1. The topological polar surface area (TPSA) is 98.5 Å². The summed E-state index contributed by atoms with van der Waals surface area (Å²) in [4.78, 5) is 11.5. The Morgan fingerprint density at radius 3 is 2.56 bits per heavy atom. The molecule has 7 heteroatoms. The van der Waals surface area contributed by atoms with Crippen LogP contribution in [0.2, 0.25) is 0 Å². The molecule has 0 aromatic rings. The Kier molecular flexibility index (Phi) is 8.95. The summed E-state index contributed by atoms with van der Waals surface area (Å²) >= 11 is 0. The Balaban J connectivity index is 3.62. The molecule has 1 atom stereocenters. The fourth-order valence-corrected chi connectivity index (χ4v) is 2.05. The van der Waals surface area contributed by atoms with E-state index in [9.17, 15) is 13.2 Å². The van der Waals surface area contributed by atoms with Gasteiger partial charge in [-0.15, -0.1) is 0 Å². The van der Waals surface area contributed by atoms with Gasteiger partial charge >= 0.3 is 0 Å². The van der Waals surface area contributed by atoms with Crippen LogP contribution in [0.3, 0.4) is 0 Å². The van der Waals surface area contributed by atoms with Crippen molar-refractivity contribution in [2.45, 2.75) is 31.7 Å². The van der Waals surface area contributed by atoms with E-state index in [1.54, 1.807) is 7.11 Å². The highest BCUT2D eigenvalue weighted by Gasteiger charge is 2.15. The number of hydrogen-bond donors (Lipinski definition) is 2. The third-order valence-electron chi connectivity index (χ3n) is 2.46. The molecule has 0 aromatic heterocycles. The maximum atomic E-state index is 11.5. The molecule has 0 aliphatic carbocycles. The highest BCUT2D eigenvalue weighted by Crippen LogP contribution is 1.96. The molecule has 0 aliphatic rings. The fourth-order valence-electron chi connectivity index (χ4n) is 1.36. The number of methoxy groups -OCH3 is 1. The molecule has 0 saturated heterocycles. The van der Waals surface area contributed by atoms with Crippen LogP contribution in [0.15, 0.2) is 0 Å². The number of nitrogens with two attached hydrogens (primary N) is 1. The third-order valence-corrected chi connectivity index (χ3v) is 3.44. The lowest BCUT2D eigenvalue weighted by atomic mass is 10.2. The van der Waals surface area contributed by atoms with Crippen molar-refractivity contribution in [2.24, 2.45) is 5.73 Å². The van der Waals surface area contributed by atoms with E-state index in [-0.39, 0.29) is 18.1 Å². The molecule has 0 spiro atoms. The molecule has 0 saturated carbocycles. The maximum Gasteiger partial charge on any atom is 0.236 e. The molecule has 6 nitrogen and oxygen atoms in total. The zero-order chi connectivity index (χ0) is 14.0. The summed E-state index contributed by atoms with van der Waals surface area (Å²) in [5.74, 6) is -0.347. The Bertz CT molecular complexity index is 330. The average molecular weight is 280 g/mol. The first-order valence-electron chi connectivity index (χ1n) is 6.07. The van der Waals surface area contributed by atoms with Gasteiger partial charge in [0.05, 0.1) is 11.8 Å². The second-order valence-electron chi connectivity index (χ2n) is 4.37. The first kappa shape index (κ1) is 17.3. The molecule has 3 N–H and O–H groups in total. The van der Waals surface area contributed by atoms with Gasteiger partial charge in [0.25, 0.3) is 0 Å². The summed E-state index contributed by atoms with van der Waals surface area (Å²) in [6.45, 7) is 1.29. The minimum absolute atomic E-state index is 0.0601. The standard InChI is InChI=1S/C11H24N2O4S/c1-17-8-5-3-4-7-13-11(14)10(12)6-9-18(2,15)16/h10H,3-9,12H2,1-2H3,(H,13,14). The molecule has 18 heavy (non-hydrogen) atoms. The van der Waals surface area contributed by atoms with Crippen molar-refractivity contribution in [3.05, 3.63) is 0 Å². The number of ether oxygens (including phenoxy) is 1. The lowest BCUT2D eigenvalue weighted by Gasteiger charge is -2.11. The van der Waals surface area contributed by atoms with E-state index >= 15 is 0 Å². The van der Waals surface area contributed by atoms with E-state index in [4.69, 9.17) is 10.5 Å². The van der Waals surface area contributed by atoms with Crippen molar-refractivity contribution < 1.29 is 17.9 Å². The highest BCUT2D eigenvalue weighted by atomic mass is 32.2. The molecule has 0 fully saturated rings. The van der Waals surface area contributed by atoms with Crippen LogP contribution in [0.1, 0.15) is 25.7 Å². The van der Waals surface area contributed by atoms with Crippen LogP contribution >= 0.6 is 0 Å². The second-order valence-corrected chi connectivity index (χ2v) is 6.63. The molecule has 0 aromatic carbocycles. The van der Waals surface area contributed by atoms with Gasteiger partial charge in [0.1, 0.15) is 9.84 Å². The Morgan fingerprint density at radius 1 is 1.33 bits per heavy atom. The molecule has 0 radical (unpaired) electrons. The summed E-state index contributed by atoms with van der Waals surface area (Å²) in [6, 6.07) is -0.751. The average Bonchev–Trinajstić information content (AvgIpc) is 2.29. The van der Waals surface area contributed by atoms with Crippen molar-refractivity contribution in [2.75, 3.05) is 32.3 Å². The molecule has 1 amide bonds. The van der Waals surface area contributed by atoms with Gasteiger partial charge < -0.3 is 15.8 Å². The quantitative estimate of drug-likeness (QED) is 0.534. The molecule has 0 heterocycles. The van der Waals surface area contributed by atoms with Gasteiger partial charge in [-0.25, -0.2) is 8.42 Å². The minimum Gasteiger partial charge on any atom is -0.385 e. The van der Waals surface area contributed by atoms with Crippen molar-refractivity contribution in [3.63, 3.8) is 0 Å². The summed E-state index contributed by atoms with van der Waals surface area (Å²) < 4.78 is 26.7. The van der Waals surface area contributed by atoms with E-state index in [0.29, 0.717) is 6.54 Å². The molecular formula is C11H24N2O4S. The van der Waals surface area contributed by atoms with Gasteiger partial charge in [-0.1, -0.05) is 0 Å². The molecule has 1 unspecified atom stereocenters. The zero-order valence-corrected chi connectivity index (χ0v) is 12.0. The van der Waals surface area contributed by atoms with Gasteiger partial charge in [0.15, 0.2) is 0 Å². The van der Waals surface area contributed by atoms with Gasteiger partial charge in [0, 0.05) is 26.5 Å². The summed E-state index contributed by atoms with van der Waals surface area (Å²) in [5, 5.41) is 2.70. The van der Waals surface area contributed by atoms with E-state index in [2.05, 4.69) is 5.32 Å². The normalized spacial score (nSPS) is 13.3. The van der Waals surface area contributed by atoms with Crippen LogP contribution in [-0.2, 0) is 19.4 Å². The predicted octanol–water partition coefficient (Wildman–Crippen LogP) is -0.319. The van der Waals surface area contributed by atoms with Gasteiger partial charge in [-0.3, -0.25) is 4.79 Å². The van der Waals surface area contributed by atoms with Crippen LogP contribution in [0.4, 0.5) is 0 Å². The summed E-state index contributed by atoms with van der Waals surface area (Å²) in [5.41, 5.74) is 5.59. The Morgan fingerprint density at radius 2 is 2.00 bits per heavy atom. The number of hydrogen-bond acceptors (Lipinski definition) is 5. The van der Waals surface area contributed by atoms with E-state index in [0.717, 1.165) is 32.1 Å². The summed E-state index contributed by atoms with van der Waals surface area (Å²) in [7, 11) is -1.41. The van der Waals surface area contributed by atoms with Gasteiger partial charge in [-0.2, -0.15) is 0 Å². The number of carbonyl (C=O) groups excluding carboxylic acids is 1. The van der Waals surface area contributed by atoms with Gasteiger partial charge in [0.2, 0.25) is 5.91 Å². The molecule has 0 aliphatic heterocycles. The van der Waals surface area contributed by atoms with E-state index in [1.165, 1.54) is 0 Å². The first-order chi connectivity index (χ1) is 8.37. The van der Waals surface area contributed by atoms with Crippen LogP contribution < -0.4 is 11.1 Å². The molecule has 0 bridgehead atoms. The van der Waals surface area contributed by atoms with Crippen molar-refractivity contribution >= 4 is 15.7 Å². The maximum absolute atomic E-state index is 11.5. The molecular weight excluding hydrogens is 256 g/mol. The molecule has 108 valence electrons.